The van der Waals surface area contributed by atoms with E-state index in [2.05, 4.69) is 26.2 Å². The number of halogens is 1. The smallest absolute Gasteiger partial charge is 0.289 e. The van der Waals surface area contributed by atoms with E-state index >= 15 is 0 Å². The lowest BCUT2D eigenvalue weighted by Crippen LogP contribution is -2.40. The van der Waals surface area contributed by atoms with Gasteiger partial charge in [0, 0.05) is 17.8 Å². The molecule has 2 rings (SSSR count). The molecule has 0 saturated heterocycles. The molecule has 1 aliphatic rings. The Bertz CT molecular complexity index is 431. The molecule has 0 spiro atoms. The Morgan fingerprint density at radius 2 is 2.06 bits per heavy atom. The van der Waals surface area contributed by atoms with Crippen molar-refractivity contribution in [1.29, 1.82) is 0 Å². The number of aromatic nitrogens is 1. The summed E-state index contributed by atoms with van der Waals surface area (Å²) in [7, 11) is 0. The van der Waals surface area contributed by atoms with Gasteiger partial charge in [0.05, 0.1) is 5.69 Å². The predicted molar refractivity (Wildman–Crippen MR) is 73.0 cm³/mol. The zero-order chi connectivity index (χ0) is 13.1. The number of oxazole rings is 1. The average Bonchev–Trinajstić information content (AvgIpc) is 2.52. The Balaban J connectivity index is 2.04. The van der Waals surface area contributed by atoms with Crippen molar-refractivity contribution in [2.24, 2.45) is 0 Å². The van der Waals surface area contributed by atoms with Gasteiger partial charge in [0.15, 0.2) is 5.89 Å². The highest BCUT2D eigenvalue weighted by atomic mass is 79.9. The van der Waals surface area contributed by atoms with E-state index in [0.717, 1.165) is 12.8 Å². The minimum Gasteiger partial charge on any atom is -0.436 e. The van der Waals surface area contributed by atoms with Gasteiger partial charge in [-0.05, 0) is 19.8 Å². The number of carbonyl (C=O) groups excluding carboxylic acids is 1. The number of amides is 1. The summed E-state index contributed by atoms with van der Waals surface area (Å²) < 4.78 is 5.35. The molecule has 2 unspecified atom stereocenters. The molecule has 100 valence electrons. The van der Waals surface area contributed by atoms with Crippen molar-refractivity contribution in [3.63, 3.8) is 0 Å². The Hall–Kier alpha value is -0.840. The monoisotopic (exact) mass is 314 g/mol. The van der Waals surface area contributed by atoms with Crippen molar-refractivity contribution in [3.05, 3.63) is 17.3 Å². The van der Waals surface area contributed by atoms with Crippen LogP contribution in [-0.2, 0) is 0 Å². The summed E-state index contributed by atoms with van der Waals surface area (Å²) in [6, 6.07) is 0.185. The third-order valence-corrected chi connectivity index (χ3v) is 4.45. The minimum absolute atomic E-state index is 0.149. The van der Waals surface area contributed by atoms with Gasteiger partial charge < -0.3 is 9.73 Å². The van der Waals surface area contributed by atoms with E-state index in [-0.39, 0.29) is 11.9 Å². The average molecular weight is 315 g/mol. The van der Waals surface area contributed by atoms with Gasteiger partial charge in [-0.3, -0.25) is 4.79 Å². The molecule has 0 radical (unpaired) electrons. The van der Waals surface area contributed by atoms with Gasteiger partial charge in [0.2, 0.25) is 5.76 Å². The van der Waals surface area contributed by atoms with Crippen LogP contribution in [0, 0.1) is 13.8 Å². The molecule has 0 bridgehead atoms. The molecule has 1 saturated carbocycles. The summed E-state index contributed by atoms with van der Waals surface area (Å²) in [4.78, 5) is 16.6. The standard InChI is InChI=1S/C13H19BrN2O2/c1-8-12(18-9(2)15-8)13(17)16-11-7-5-3-4-6-10(11)14/h10-11H,3-7H2,1-2H3,(H,16,17). The Labute approximate surface area is 116 Å². The summed E-state index contributed by atoms with van der Waals surface area (Å²) in [6.45, 7) is 3.55. The second-order valence-corrected chi connectivity index (χ2v) is 6.06. The van der Waals surface area contributed by atoms with Crippen LogP contribution in [0.15, 0.2) is 4.42 Å². The molecule has 1 heterocycles. The molecule has 1 amide bonds. The second kappa shape index (κ2) is 5.87. The molecule has 1 N–H and O–H groups in total. The number of carbonyl (C=O) groups is 1. The molecule has 5 heteroatoms. The maximum absolute atomic E-state index is 12.1. The number of hydrogen-bond acceptors (Lipinski definition) is 3. The van der Waals surface area contributed by atoms with E-state index in [1.807, 2.05) is 0 Å². The van der Waals surface area contributed by atoms with Gasteiger partial charge >= 0.3 is 0 Å². The molecule has 1 aliphatic carbocycles. The van der Waals surface area contributed by atoms with Crippen LogP contribution in [0.4, 0.5) is 0 Å². The van der Waals surface area contributed by atoms with Crippen LogP contribution in [0.25, 0.3) is 0 Å². The Morgan fingerprint density at radius 1 is 1.33 bits per heavy atom. The van der Waals surface area contributed by atoms with Crippen LogP contribution in [-0.4, -0.2) is 21.8 Å². The first-order valence-corrected chi connectivity index (χ1v) is 7.38. The second-order valence-electron chi connectivity index (χ2n) is 4.88. The fraction of sp³-hybridized carbons (Fsp3) is 0.692. The summed E-state index contributed by atoms with van der Waals surface area (Å²) in [5.74, 6) is 0.731. The van der Waals surface area contributed by atoms with E-state index < -0.39 is 0 Å². The predicted octanol–water partition coefficient (Wildman–Crippen LogP) is 3.12. The van der Waals surface area contributed by atoms with Gasteiger partial charge in [-0.15, -0.1) is 0 Å². The highest BCUT2D eigenvalue weighted by molar-refractivity contribution is 9.09. The summed E-state index contributed by atoms with van der Waals surface area (Å²) in [5, 5.41) is 3.06. The lowest BCUT2D eigenvalue weighted by Gasteiger charge is -2.20. The number of rotatable bonds is 2. The summed E-state index contributed by atoms with van der Waals surface area (Å²) in [5.41, 5.74) is 0.657. The number of aryl methyl sites for hydroxylation is 2. The van der Waals surface area contributed by atoms with Crippen LogP contribution >= 0.6 is 15.9 Å². The van der Waals surface area contributed by atoms with Gasteiger partial charge in [0.25, 0.3) is 5.91 Å². The number of nitrogens with one attached hydrogen (secondary N) is 1. The van der Waals surface area contributed by atoms with E-state index in [4.69, 9.17) is 4.42 Å². The molecule has 0 aliphatic heterocycles. The highest BCUT2D eigenvalue weighted by Gasteiger charge is 2.25. The van der Waals surface area contributed by atoms with Crippen molar-refractivity contribution in [3.8, 4) is 0 Å². The summed E-state index contributed by atoms with van der Waals surface area (Å²) in [6.07, 6.45) is 5.77. The molecule has 2 atom stereocenters. The number of alkyl halides is 1. The van der Waals surface area contributed by atoms with Gasteiger partial charge in [0.1, 0.15) is 0 Å². The zero-order valence-corrected chi connectivity index (χ0v) is 12.4. The summed E-state index contributed by atoms with van der Waals surface area (Å²) >= 11 is 3.67. The molecule has 4 nitrogen and oxygen atoms in total. The van der Waals surface area contributed by atoms with E-state index in [9.17, 15) is 4.79 Å². The molecule has 18 heavy (non-hydrogen) atoms. The minimum atomic E-state index is -0.149. The Morgan fingerprint density at radius 3 is 2.72 bits per heavy atom. The zero-order valence-electron chi connectivity index (χ0n) is 10.8. The van der Waals surface area contributed by atoms with Crippen molar-refractivity contribution < 1.29 is 9.21 Å². The van der Waals surface area contributed by atoms with Crippen molar-refractivity contribution >= 4 is 21.8 Å². The Kier molecular flexibility index (Phi) is 4.43. The van der Waals surface area contributed by atoms with E-state index in [0.29, 0.717) is 22.2 Å². The molecule has 1 aromatic rings. The molecule has 0 aromatic carbocycles. The van der Waals surface area contributed by atoms with Gasteiger partial charge in [-0.2, -0.15) is 0 Å². The van der Waals surface area contributed by atoms with Gasteiger partial charge in [-0.25, -0.2) is 4.98 Å². The van der Waals surface area contributed by atoms with Crippen LogP contribution in [0.5, 0.6) is 0 Å². The first-order valence-electron chi connectivity index (χ1n) is 6.47. The SMILES string of the molecule is Cc1nc(C)c(C(=O)NC2CCCCCC2Br)o1. The number of nitrogens with zero attached hydrogens (tertiary/aromatic N) is 1. The number of hydrogen-bond donors (Lipinski definition) is 1. The van der Waals surface area contributed by atoms with Crippen LogP contribution in [0.3, 0.4) is 0 Å². The van der Waals surface area contributed by atoms with Crippen LogP contribution in [0.2, 0.25) is 0 Å². The molecular formula is C13H19BrN2O2. The quantitative estimate of drug-likeness (QED) is 0.674. The van der Waals surface area contributed by atoms with Crippen molar-refractivity contribution in [2.75, 3.05) is 0 Å². The first-order chi connectivity index (χ1) is 8.58. The van der Waals surface area contributed by atoms with Gasteiger partial charge in [-0.1, -0.05) is 35.2 Å². The fourth-order valence-electron chi connectivity index (χ4n) is 2.40. The van der Waals surface area contributed by atoms with E-state index in [1.54, 1.807) is 13.8 Å². The van der Waals surface area contributed by atoms with E-state index in [1.165, 1.54) is 19.3 Å². The van der Waals surface area contributed by atoms with Crippen molar-refractivity contribution in [2.45, 2.75) is 56.8 Å². The molecule has 1 aromatic heterocycles. The maximum Gasteiger partial charge on any atom is 0.289 e. The van der Waals surface area contributed by atoms with Crippen LogP contribution in [0.1, 0.15) is 54.2 Å². The lowest BCUT2D eigenvalue weighted by molar-refractivity contribution is 0.0904. The van der Waals surface area contributed by atoms with Crippen molar-refractivity contribution in [1.82, 2.24) is 10.3 Å². The van der Waals surface area contributed by atoms with Crippen LogP contribution < -0.4 is 5.32 Å². The molecule has 1 fully saturated rings. The normalized spacial score (nSPS) is 24.6. The molecular weight excluding hydrogens is 296 g/mol. The lowest BCUT2D eigenvalue weighted by atomic mass is 10.1. The highest BCUT2D eigenvalue weighted by Crippen LogP contribution is 2.24. The topological polar surface area (TPSA) is 55.1 Å². The fourth-order valence-corrected chi connectivity index (χ4v) is 3.12. The third kappa shape index (κ3) is 3.13. The largest absolute Gasteiger partial charge is 0.436 e. The maximum atomic E-state index is 12.1. The first kappa shape index (κ1) is 13.6. The third-order valence-electron chi connectivity index (χ3n) is 3.36.